The highest BCUT2D eigenvalue weighted by atomic mass is 15.0. The van der Waals surface area contributed by atoms with Crippen LogP contribution in [0.2, 0.25) is 0 Å². The van der Waals surface area contributed by atoms with Crippen molar-refractivity contribution < 1.29 is 0 Å². The number of hydrogen-bond acceptors (Lipinski definition) is 0. The highest BCUT2D eigenvalue weighted by Gasteiger charge is 2.10. The molecule has 0 spiro atoms. The molecule has 0 radical (unpaired) electrons. The molecular formula is C42H76N4. The third-order valence-electron chi connectivity index (χ3n) is 7.96. The van der Waals surface area contributed by atoms with Crippen molar-refractivity contribution in [3.8, 4) is 0 Å². The SMILES string of the molecule is C.C.CC(C)c1c[nH]c(C(C)C)c1.CC(C)c1cc[nH]c1C(C)C.CC(C)c1ccc(C(C)C)[nH]1.CC(C)c1cccn1C(C)C. The van der Waals surface area contributed by atoms with Crippen molar-refractivity contribution in [2.24, 2.45) is 0 Å². The summed E-state index contributed by atoms with van der Waals surface area (Å²) in [6.07, 6.45) is 6.30. The van der Waals surface area contributed by atoms with Crippen LogP contribution in [-0.2, 0) is 0 Å². The van der Waals surface area contributed by atoms with Crippen LogP contribution in [0.25, 0.3) is 0 Å². The monoisotopic (exact) mass is 637 g/mol. The standard InChI is InChI=1S/4C10H17N.2CH4/c1-7(2)9-5-10(8(3)4)11-6-9;1-8(2)10-6-5-7-11(10)9(3)4;1-7(2)9-5-6-11-10(9)8(3)4;1-7(2)9-5-6-10(11-9)8(3)4;;/h5-8,11H,1-4H3;5-9H,1-4H3;2*5-8,11H,1-4H3;2*1H4. The first-order valence-corrected chi connectivity index (χ1v) is 17.2. The molecule has 0 unspecified atom stereocenters. The summed E-state index contributed by atoms with van der Waals surface area (Å²) in [5.41, 5.74) is 9.71. The molecule has 0 saturated heterocycles. The quantitative estimate of drug-likeness (QED) is 0.172. The molecule has 46 heavy (non-hydrogen) atoms. The van der Waals surface area contributed by atoms with Crippen molar-refractivity contribution in [1.29, 1.82) is 0 Å². The molecule has 4 aromatic rings. The van der Waals surface area contributed by atoms with Crippen LogP contribution < -0.4 is 0 Å². The predicted molar refractivity (Wildman–Crippen MR) is 209 cm³/mol. The molecule has 4 aromatic heterocycles. The lowest BCUT2D eigenvalue weighted by Crippen LogP contribution is -2.04. The first-order chi connectivity index (χ1) is 20.5. The molecule has 0 saturated carbocycles. The molecule has 0 aromatic carbocycles. The summed E-state index contributed by atoms with van der Waals surface area (Å²) < 4.78 is 2.32. The smallest absolute Gasteiger partial charge is 0.0276 e. The Labute approximate surface area is 286 Å². The van der Waals surface area contributed by atoms with Crippen LogP contribution in [0, 0.1) is 0 Å². The van der Waals surface area contributed by atoms with Gasteiger partial charge in [-0.1, -0.05) is 112 Å². The average molecular weight is 637 g/mol. The first-order valence-electron chi connectivity index (χ1n) is 17.2. The molecule has 264 valence electrons. The van der Waals surface area contributed by atoms with Crippen LogP contribution in [0.5, 0.6) is 0 Å². The zero-order chi connectivity index (χ0) is 33.7. The second kappa shape index (κ2) is 21.8. The Kier molecular flexibility index (Phi) is 21.5. The van der Waals surface area contributed by atoms with Gasteiger partial charge in [-0.15, -0.1) is 0 Å². The number of nitrogens with zero attached hydrogens (tertiary/aromatic N) is 1. The van der Waals surface area contributed by atoms with Gasteiger partial charge in [0.05, 0.1) is 0 Å². The van der Waals surface area contributed by atoms with Gasteiger partial charge in [-0.3, -0.25) is 0 Å². The van der Waals surface area contributed by atoms with Gasteiger partial charge in [-0.25, -0.2) is 0 Å². The number of rotatable bonds is 8. The van der Waals surface area contributed by atoms with Gasteiger partial charge < -0.3 is 19.5 Å². The van der Waals surface area contributed by atoms with Gasteiger partial charge >= 0.3 is 0 Å². The van der Waals surface area contributed by atoms with Crippen LogP contribution in [0.3, 0.4) is 0 Å². The van der Waals surface area contributed by atoms with Crippen molar-refractivity contribution in [3.05, 3.63) is 94.6 Å². The Morgan fingerprint density at radius 2 is 1.04 bits per heavy atom. The summed E-state index contributed by atoms with van der Waals surface area (Å²) in [6.45, 7) is 35.4. The third kappa shape index (κ3) is 14.7. The third-order valence-corrected chi connectivity index (χ3v) is 7.96. The maximum absolute atomic E-state index is 3.41. The van der Waals surface area contributed by atoms with E-state index in [9.17, 15) is 0 Å². The maximum Gasteiger partial charge on any atom is 0.0276 e. The van der Waals surface area contributed by atoms with Gasteiger partial charge in [0.15, 0.2) is 0 Å². The van der Waals surface area contributed by atoms with E-state index >= 15 is 0 Å². The van der Waals surface area contributed by atoms with Crippen LogP contribution in [-0.4, -0.2) is 19.5 Å². The van der Waals surface area contributed by atoms with Crippen LogP contribution >= 0.6 is 0 Å². The Balaban J connectivity index is 0. The van der Waals surface area contributed by atoms with Gasteiger partial charge in [0.2, 0.25) is 0 Å². The van der Waals surface area contributed by atoms with Gasteiger partial charge in [0.1, 0.15) is 0 Å². The summed E-state index contributed by atoms with van der Waals surface area (Å²) in [7, 11) is 0. The van der Waals surface area contributed by atoms with Crippen molar-refractivity contribution in [2.75, 3.05) is 0 Å². The number of hydrogen-bond donors (Lipinski definition) is 3. The molecule has 3 N–H and O–H groups in total. The first kappa shape index (κ1) is 45.2. The molecule has 4 heteroatoms. The molecule has 4 rings (SSSR count). The lowest BCUT2D eigenvalue weighted by atomic mass is 9.98. The number of aromatic amines is 3. The predicted octanol–water partition coefficient (Wildman–Crippen LogP) is 14.2. The van der Waals surface area contributed by atoms with Crippen LogP contribution in [0.4, 0.5) is 0 Å². The fourth-order valence-electron chi connectivity index (χ4n) is 4.96. The number of nitrogens with one attached hydrogen (secondary N) is 3. The van der Waals surface area contributed by atoms with E-state index in [1.165, 1.54) is 39.6 Å². The fourth-order valence-corrected chi connectivity index (χ4v) is 4.96. The van der Waals surface area contributed by atoms with E-state index in [0.717, 1.165) is 0 Å². The highest BCUT2D eigenvalue weighted by Crippen LogP contribution is 2.24. The second-order valence-corrected chi connectivity index (χ2v) is 14.6. The molecule has 0 atom stereocenters. The Morgan fingerprint density at radius 3 is 1.33 bits per heavy atom. The molecule has 0 aliphatic carbocycles. The van der Waals surface area contributed by atoms with Crippen molar-refractivity contribution in [1.82, 2.24) is 19.5 Å². The van der Waals surface area contributed by atoms with E-state index in [1.807, 2.05) is 6.20 Å². The van der Waals surface area contributed by atoms with Gasteiger partial charge in [-0.05, 0) is 103 Å². The molecule has 0 aliphatic heterocycles. The maximum atomic E-state index is 3.41. The molecular weight excluding hydrogens is 560 g/mol. The minimum atomic E-state index is 0. The van der Waals surface area contributed by atoms with Gasteiger partial charge in [0.25, 0.3) is 0 Å². The number of aromatic nitrogens is 4. The molecule has 4 nitrogen and oxygen atoms in total. The largest absolute Gasteiger partial charge is 0.365 e. The molecule has 4 heterocycles. The second-order valence-electron chi connectivity index (χ2n) is 14.6. The van der Waals surface area contributed by atoms with E-state index in [-0.39, 0.29) is 14.9 Å². The topological polar surface area (TPSA) is 52.3 Å². The van der Waals surface area contributed by atoms with Crippen molar-refractivity contribution in [3.63, 3.8) is 0 Å². The van der Waals surface area contributed by atoms with E-state index in [0.29, 0.717) is 47.5 Å². The zero-order valence-electron chi connectivity index (χ0n) is 31.3. The Morgan fingerprint density at radius 1 is 0.522 bits per heavy atom. The van der Waals surface area contributed by atoms with Crippen LogP contribution in [0.1, 0.15) is 213 Å². The van der Waals surface area contributed by atoms with E-state index in [2.05, 4.69) is 179 Å². The highest BCUT2D eigenvalue weighted by molar-refractivity contribution is 5.26. The van der Waals surface area contributed by atoms with E-state index in [4.69, 9.17) is 0 Å². The molecule has 0 aliphatic rings. The number of H-pyrrole nitrogens is 3. The van der Waals surface area contributed by atoms with E-state index < -0.39 is 0 Å². The molecule has 0 amide bonds. The summed E-state index contributed by atoms with van der Waals surface area (Å²) in [6, 6.07) is 13.7. The fraction of sp³-hybridized carbons (Fsp3) is 0.619. The summed E-state index contributed by atoms with van der Waals surface area (Å²) in [5, 5.41) is 0. The van der Waals surface area contributed by atoms with Crippen molar-refractivity contribution in [2.45, 2.75) is 173 Å². The minimum Gasteiger partial charge on any atom is -0.365 e. The van der Waals surface area contributed by atoms with E-state index in [1.54, 1.807) is 0 Å². The zero-order valence-corrected chi connectivity index (χ0v) is 31.3. The molecule has 0 fully saturated rings. The van der Waals surface area contributed by atoms with Gasteiger partial charge in [-0.2, -0.15) is 0 Å². The van der Waals surface area contributed by atoms with Crippen molar-refractivity contribution >= 4 is 0 Å². The Bertz CT molecular complexity index is 1090. The Hall–Kier alpha value is -2.88. The molecule has 0 bridgehead atoms. The summed E-state index contributed by atoms with van der Waals surface area (Å²) in [5.74, 6) is 4.36. The summed E-state index contributed by atoms with van der Waals surface area (Å²) in [4.78, 5) is 9.99. The lowest BCUT2D eigenvalue weighted by Gasteiger charge is -2.14. The normalized spacial score (nSPS) is 11.0. The lowest BCUT2D eigenvalue weighted by molar-refractivity contribution is 0.560. The minimum absolute atomic E-state index is 0. The van der Waals surface area contributed by atoms with Crippen LogP contribution in [0.15, 0.2) is 55.0 Å². The average Bonchev–Trinajstić information content (AvgIpc) is 3.75. The summed E-state index contributed by atoms with van der Waals surface area (Å²) >= 11 is 0. The van der Waals surface area contributed by atoms with Gasteiger partial charge in [0, 0.05) is 53.1 Å².